The Morgan fingerprint density at radius 1 is 0.957 bits per heavy atom. The molecule has 2 aromatic carbocycles. The van der Waals surface area contributed by atoms with Crippen LogP contribution < -0.4 is 16.5 Å². The number of nitrogen functional groups attached to an aromatic ring is 1. The van der Waals surface area contributed by atoms with E-state index in [0.29, 0.717) is 27.4 Å². The molecule has 0 atom stereocenters. The van der Waals surface area contributed by atoms with Crippen molar-refractivity contribution in [3.63, 3.8) is 0 Å². The van der Waals surface area contributed by atoms with E-state index in [1.165, 1.54) is 0 Å². The van der Waals surface area contributed by atoms with Crippen molar-refractivity contribution in [2.45, 2.75) is 0 Å². The summed E-state index contributed by atoms with van der Waals surface area (Å²) in [6.45, 7) is 0. The second kappa shape index (κ2) is 6.44. The van der Waals surface area contributed by atoms with Crippen molar-refractivity contribution in [1.29, 1.82) is 0 Å². The Kier molecular flexibility index (Phi) is 4.36. The molecule has 3 aromatic rings. The predicted molar refractivity (Wildman–Crippen MR) is 97.6 cm³/mol. The van der Waals surface area contributed by atoms with Gasteiger partial charge in [0.2, 0.25) is 11.9 Å². The molecule has 0 bridgehead atoms. The molecule has 114 valence electrons. The lowest BCUT2D eigenvalue weighted by Gasteiger charge is -2.09. The molecule has 0 spiro atoms. The maximum absolute atomic E-state index is 6.24. The van der Waals surface area contributed by atoms with Crippen LogP contribution in [0.3, 0.4) is 0 Å². The molecule has 23 heavy (non-hydrogen) atoms. The molecule has 3 N–H and O–H groups in total. The van der Waals surface area contributed by atoms with Crippen LogP contribution in [0.2, 0.25) is 10.0 Å². The molecule has 1 heterocycles. The van der Waals surface area contributed by atoms with Crippen molar-refractivity contribution in [1.82, 2.24) is 15.0 Å². The van der Waals surface area contributed by atoms with Gasteiger partial charge in [-0.15, -0.1) is 0 Å². The number of hydrogen-bond acceptors (Lipinski definition) is 5. The lowest BCUT2D eigenvalue weighted by atomic mass is 9.94. The molecule has 3 rings (SSSR count). The van der Waals surface area contributed by atoms with E-state index in [2.05, 4.69) is 20.3 Å². The fourth-order valence-corrected chi connectivity index (χ4v) is 2.37. The Bertz CT molecular complexity index is 855. The number of benzene rings is 2. The second-order valence-corrected chi connectivity index (χ2v) is 5.80. The fraction of sp³-hybridized carbons (Fsp3) is 0. The van der Waals surface area contributed by atoms with Gasteiger partial charge in [-0.05, 0) is 30.3 Å². The molecule has 0 radical (unpaired) electrons. The monoisotopic (exact) mass is 343 g/mol. The number of aromatic nitrogens is 3. The third-order valence-corrected chi connectivity index (χ3v) is 3.70. The van der Waals surface area contributed by atoms with Crippen molar-refractivity contribution in [3.8, 4) is 11.4 Å². The van der Waals surface area contributed by atoms with E-state index in [4.69, 9.17) is 28.9 Å². The van der Waals surface area contributed by atoms with Gasteiger partial charge in [0, 0.05) is 16.3 Å². The largest absolute Gasteiger partial charge is 0.368 e. The van der Waals surface area contributed by atoms with Gasteiger partial charge in [-0.3, -0.25) is 0 Å². The lowest BCUT2D eigenvalue weighted by molar-refractivity contribution is 1.08. The highest BCUT2D eigenvalue weighted by Gasteiger charge is 2.11. The first-order chi connectivity index (χ1) is 11.0. The van der Waals surface area contributed by atoms with Crippen molar-refractivity contribution in [3.05, 3.63) is 52.5 Å². The Morgan fingerprint density at radius 2 is 1.70 bits per heavy atom. The fourth-order valence-electron chi connectivity index (χ4n) is 2.04. The summed E-state index contributed by atoms with van der Waals surface area (Å²) < 4.78 is 0. The molecule has 0 saturated heterocycles. The lowest BCUT2D eigenvalue weighted by Crippen LogP contribution is -2.07. The normalized spacial score (nSPS) is 10.5. The second-order valence-electron chi connectivity index (χ2n) is 4.96. The summed E-state index contributed by atoms with van der Waals surface area (Å²) in [4.78, 5) is 12.7. The van der Waals surface area contributed by atoms with E-state index in [9.17, 15) is 0 Å². The van der Waals surface area contributed by atoms with Crippen molar-refractivity contribution < 1.29 is 0 Å². The van der Waals surface area contributed by atoms with Gasteiger partial charge in [-0.2, -0.15) is 15.0 Å². The molecule has 8 heteroatoms. The van der Waals surface area contributed by atoms with Gasteiger partial charge in [0.05, 0.1) is 5.02 Å². The first-order valence-corrected chi connectivity index (χ1v) is 7.57. The number of anilines is 3. The van der Waals surface area contributed by atoms with Crippen LogP contribution in [0.15, 0.2) is 42.5 Å². The Labute approximate surface area is 144 Å². The first-order valence-electron chi connectivity index (χ1n) is 6.82. The quantitative estimate of drug-likeness (QED) is 0.714. The van der Waals surface area contributed by atoms with Crippen LogP contribution in [-0.2, 0) is 0 Å². The van der Waals surface area contributed by atoms with E-state index in [0.717, 1.165) is 11.2 Å². The van der Waals surface area contributed by atoms with E-state index >= 15 is 0 Å². The number of halogens is 2. The predicted octanol–water partition coefficient (Wildman–Crippen LogP) is 2.43. The molecule has 1 aromatic heterocycles. The number of nitrogens with one attached hydrogen (secondary N) is 1. The zero-order chi connectivity index (χ0) is 16.4. The minimum absolute atomic E-state index is 0.115. The maximum atomic E-state index is 6.24. The molecule has 0 amide bonds. The van der Waals surface area contributed by atoms with Crippen LogP contribution >= 0.6 is 23.2 Å². The summed E-state index contributed by atoms with van der Waals surface area (Å²) in [7, 11) is 1.97. The average molecular weight is 344 g/mol. The smallest absolute Gasteiger partial charge is 0.232 e. The van der Waals surface area contributed by atoms with Gasteiger partial charge in [0.25, 0.3) is 0 Å². The molecule has 0 fully saturated rings. The molecule has 0 aliphatic rings. The highest BCUT2D eigenvalue weighted by molar-refractivity contribution is 6.36. The summed E-state index contributed by atoms with van der Waals surface area (Å²) in [5, 5.41) is 4.28. The van der Waals surface area contributed by atoms with Gasteiger partial charge in [-0.25, -0.2) is 0 Å². The van der Waals surface area contributed by atoms with Crippen LogP contribution in [-0.4, -0.2) is 22.8 Å². The molecule has 0 aliphatic heterocycles. The van der Waals surface area contributed by atoms with Crippen LogP contribution in [0.1, 0.15) is 0 Å². The number of rotatable bonds is 3. The molecule has 5 nitrogen and oxygen atoms in total. The minimum atomic E-state index is 0.115. The topological polar surface area (TPSA) is 76.7 Å². The SMILES string of the molecule is Bc1ccc(Cl)c(-c2nc(N)nc(Nc3ccc(Cl)cc3)n2)c1. The van der Waals surface area contributed by atoms with Crippen LogP contribution in [0.4, 0.5) is 17.6 Å². The van der Waals surface area contributed by atoms with E-state index in [1.807, 2.05) is 32.1 Å². The average Bonchev–Trinajstić information content (AvgIpc) is 2.51. The zero-order valence-electron chi connectivity index (χ0n) is 12.2. The Balaban J connectivity index is 1.99. The molecular weight excluding hydrogens is 332 g/mol. The summed E-state index contributed by atoms with van der Waals surface area (Å²) >= 11 is 12.1. The molecule has 0 saturated carbocycles. The van der Waals surface area contributed by atoms with Crippen LogP contribution in [0, 0.1) is 0 Å². The minimum Gasteiger partial charge on any atom is -0.368 e. The Morgan fingerprint density at radius 3 is 2.43 bits per heavy atom. The zero-order valence-corrected chi connectivity index (χ0v) is 13.7. The molecule has 0 unspecified atom stereocenters. The molecule has 0 aliphatic carbocycles. The maximum Gasteiger partial charge on any atom is 0.232 e. The van der Waals surface area contributed by atoms with Crippen molar-refractivity contribution in [2.24, 2.45) is 0 Å². The standard InChI is InChI=1S/C15H12BCl2N5/c16-8-1-6-12(18)11(7-8)13-21-14(19)23-15(22-13)20-10-4-2-9(17)3-5-10/h1-7H,16H2,(H3,19,20,21,22,23). The van der Waals surface area contributed by atoms with Gasteiger partial charge in [-0.1, -0.05) is 40.8 Å². The highest BCUT2D eigenvalue weighted by atomic mass is 35.5. The number of nitrogens with two attached hydrogens (primary N) is 1. The number of nitrogens with zero attached hydrogens (tertiary/aromatic N) is 3. The highest BCUT2D eigenvalue weighted by Crippen LogP contribution is 2.25. The summed E-state index contributed by atoms with van der Waals surface area (Å²) in [6.07, 6.45) is 0. The van der Waals surface area contributed by atoms with Crippen LogP contribution in [0.25, 0.3) is 11.4 Å². The third kappa shape index (κ3) is 3.72. The van der Waals surface area contributed by atoms with Crippen molar-refractivity contribution in [2.75, 3.05) is 11.1 Å². The van der Waals surface area contributed by atoms with Gasteiger partial charge < -0.3 is 11.1 Å². The summed E-state index contributed by atoms with van der Waals surface area (Å²) in [6, 6.07) is 12.8. The third-order valence-electron chi connectivity index (χ3n) is 3.12. The first kappa shape index (κ1) is 15.6. The summed E-state index contributed by atoms with van der Waals surface area (Å²) in [5.41, 5.74) is 8.35. The van der Waals surface area contributed by atoms with E-state index in [-0.39, 0.29) is 5.95 Å². The molecular formula is C15H12BCl2N5. The van der Waals surface area contributed by atoms with Gasteiger partial charge >= 0.3 is 0 Å². The van der Waals surface area contributed by atoms with E-state index < -0.39 is 0 Å². The van der Waals surface area contributed by atoms with E-state index in [1.54, 1.807) is 18.2 Å². The van der Waals surface area contributed by atoms with Crippen molar-refractivity contribution >= 4 is 54.1 Å². The summed E-state index contributed by atoms with van der Waals surface area (Å²) in [5.74, 6) is 0.874. The Hall–Kier alpha value is -2.31. The van der Waals surface area contributed by atoms with Gasteiger partial charge in [0.1, 0.15) is 7.85 Å². The van der Waals surface area contributed by atoms with Gasteiger partial charge in [0.15, 0.2) is 5.82 Å². The van der Waals surface area contributed by atoms with Crippen LogP contribution in [0.5, 0.6) is 0 Å². The number of hydrogen-bond donors (Lipinski definition) is 2.